The summed E-state index contributed by atoms with van der Waals surface area (Å²) in [6, 6.07) is -0.731. The van der Waals surface area contributed by atoms with Crippen molar-refractivity contribution in [2.75, 3.05) is 6.54 Å². The van der Waals surface area contributed by atoms with Crippen LogP contribution < -0.4 is 11.5 Å². The topological polar surface area (TPSA) is 130 Å². The van der Waals surface area contributed by atoms with Crippen LogP contribution in [-0.4, -0.2) is 45.9 Å². The number of rotatable bonds is 1. The maximum Gasteiger partial charge on any atom is 0.408 e. The van der Waals surface area contributed by atoms with Crippen molar-refractivity contribution in [2.45, 2.75) is 38.4 Å². The lowest BCUT2D eigenvalue weighted by molar-refractivity contribution is -0.138. The zero-order chi connectivity index (χ0) is 12.7. The van der Waals surface area contributed by atoms with Crippen molar-refractivity contribution >= 4 is 12.1 Å². The number of carboxylic acids is 1. The van der Waals surface area contributed by atoms with Gasteiger partial charge in [0.25, 0.3) is 0 Å². The van der Waals surface area contributed by atoms with Crippen LogP contribution >= 0.6 is 0 Å². The van der Waals surface area contributed by atoms with Crippen molar-refractivity contribution in [3.63, 3.8) is 0 Å². The summed E-state index contributed by atoms with van der Waals surface area (Å²) in [6.07, 6.45) is 1.62. The number of hydrogen-bond donors (Lipinski definition) is 4. The molecular weight excluding hydrogens is 214 g/mol. The van der Waals surface area contributed by atoms with Gasteiger partial charge < -0.3 is 21.7 Å². The normalized spacial score (nSPS) is 21.7. The van der Waals surface area contributed by atoms with Gasteiger partial charge in [0.15, 0.2) is 0 Å². The summed E-state index contributed by atoms with van der Waals surface area (Å²) in [7, 11) is 0. The highest BCUT2D eigenvalue weighted by Crippen LogP contribution is 2.12. The van der Waals surface area contributed by atoms with E-state index in [9.17, 15) is 9.59 Å². The lowest BCUT2D eigenvalue weighted by Gasteiger charge is -2.30. The Kier molecular flexibility index (Phi) is 6.43. The second-order valence-corrected chi connectivity index (χ2v) is 3.67. The van der Waals surface area contributed by atoms with Crippen LogP contribution in [0, 0.1) is 0 Å². The number of likely N-dealkylation sites (tertiary alicyclic amines) is 1. The van der Waals surface area contributed by atoms with Crippen molar-refractivity contribution in [2.24, 2.45) is 11.5 Å². The van der Waals surface area contributed by atoms with Crippen LogP contribution in [0.15, 0.2) is 0 Å². The van der Waals surface area contributed by atoms with Crippen molar-refractivity contribution in [3.8, 4) is 0 Å². The van der Waals surface area contributed by atoms with Gasteiger partial charge >= 0.3 is 12.1 Å². The lowest BCUT2D eigenvalue weighted by atomic mass is 10.1. The Morgan fingerprint density at radius 3 is 2.12 bits per heavy atom. The molecule has 6 N–H and O–H groups in total. The Morgan fingerprint density at radius 2 is 1.88 bits per heavy atom. The molecule has 0 spiro atoms. The molecule has 1 fully saturated rings. The molecule has 16 heavy (non-hydrogen) atoms. The third-order valence-corrected chi connectivity index (χ3v) is 2.18. The van der Waals surface area contributed by atoms with Gasteiger partial charge in [-0.2, -0.15) is 0 Å². The molecule has 0 bridgehead atoms. The van der Waals surface area contributed by atoms with Gasteiger partial charge in [-0.3, -0.25) is 9.69 Å². The molecule has 7 nitrogen and oxygen atoms in total. The predicted octanol–water partition coefficient (Wildman–Crippen LogP) is -0.147. The standard InChI is InChI=1S/C6H12N2O2.C3H7NO2/c7-5-3-1-2-4-8(5)6(9)10;1-2(4)3(5)6/h5H,1-4,7H2,(H,9,10);2H,4H2,1H3,(H,5,6)/t;2-/m.0/s1. The van der Waals surface area contributed by atoms with E-state index in [1.807, 2.05) is 0 Å². The minimum Gasteiger partial charge on any atom is -0.480 e. The number of nitrogens with zero attached hydrogens (tertiary/aromatic N) is 1. The first kappa shape index (κ1) is 14.7. The average Bonchev–Trinajstić information content (AvgIpc) is 2.18. The summed E-state index contributed by atoms with van der Waals surface area (Å²) in [5.41, 5.74) is 10.4. The molecule has 0 aromatic carbocycles. The van der Waals surface area contributed by atoms with Crippen molar-refractivity contribution in [1.82, 2.24) is 4.90 Å². The Labute approximate surface area is 94.0 Å². The van der Waals surface area contributed by atoms with E-state index in [1.54, 1.807) is 0 Å². The molecule has 2 atom stereocenters. The van der Waals surface area contributed by atoms with E-state index in [4.69, 9.17) is 21.7 Å². The van der Waals surface area contributed by atoms with Gasteiger partial charge in [0.1, 0.15) is 6.04 Å². The van der Waals surface area contributed by atoms with E-state index in [1.165, 1.54) is 11.8 Å². The van der Waals surface area contributed by atoms with Crippen LogP contribution in [0.25, 0.3) is 0 Å². The predicted molar refractivity (Wildman–Crippen MR) is 57.8 cm³/mol. The van der Waals surface area contributed by atoms with E-state index in [0.717, 1.165) is 19.3 Å². The third-order valence-electron chi connectivity index (χ3n) is 2.18. The second-order valence-electron chi connectivity index (χ2n) is 3.67. The van der Waals surface area contributed by atoms with Crippen molar-refractivity contribution in [1.29, 1.82) is 0 Å². The molecule has 7 heteroatoms. The summed E-state index contributed by atoms with van der Waals surface area (Å²) in [5, 5.41) is 16.4. The maximum absolute atomic E-state index is 10.4. The molecule has 0 aromatic heterocycles. The largest absolute Gasteiger partial charge is 0.480 e. The van der Waals surface area contributed by atoms with E-state index in [2.05, 4.69) is 0 Å². The SMILES string of the molecule is C[C@H](N)C(=O)O.NC1CCCCN1C(=O)O. The van der Waals surface area contributed by atoms with Crippen molar-refractivity contribution in [3.05, 3.63) is 0 Å². The molecule has 0 aliphatic carbocycles. The number of nitrogens with two attached hydrogens (primary N) is 2. The van der Waals surface area contributed by atoms with Gasteiger partial charge in [0.2, 0.25) is 0 Å². The number of piperidine rings is 1. The van der Waals surface area contributed by atoms with E-state index in [-0.39, 0.29) is 6.17 Å². The molecule has 0 saturated carbocycles. The fraction of sp³-hybridized carbons (Fsp3) is 0.778. The number of hydrogen-bond acceptors (Lipinski definition) is 4. The molecule has 1 saturated heterocycles. The Bertz CT molecular complexity index is 245. The lowest BCUT2D eigenvalue weighted by Crippen LogP contribution is -2.48. The first-order chi connectivity index (χ1) is 7.36. The van der Waals surface area contributed by atoms with Crippen LogP contribution in [-0.2, 0) is 4.79 Å². The Hall–Kier alpha value is -1.34. The van der Waals surface area contributed by atoms with E-state index < -0.39 is 18.1 Å². The second kappa shape index (κ2) is 7.02. The van der Waals surface area contributed by atoms with Gasteiger partial charge in [-0.15, -0.1) is 0 Å². The summed E-state index contributed by atoms with van der Waals surface area (Å²) < 4.78 is 0. The average molecular weight is 233 g/mol. The van der Waals surface area contributed by atoms with Crippen LogP contribution in [0.5, 0.6) is 0 Å². The first-order valence-electron chi connectivity index (χ1n) is 5.09. The van der Waals surface area contributed by atoms with Gasteiger partial charge in [-0.1, -0.05) is 0 Å². The van der Waals surface area contributed by atoms with E-state index in [0.29, 0.717) is 6.54 Å². The first-order valence-corrected chi connectivity index (χ1v) is 5.09. The maximum atomic E-state index is 10.4. The summed E-state index contributed by atoms with van der Waals surface area (Å²) in [6.45, 7) is 2.01. The minimum absolute atomic E-state index is 0.272. The minimum atomic E-state index is -0.963. The number of aliphatic carboxylic acids is 1. The van der Waals surface area contributed by atoms with Crippen LogP contribution in [0.2, 0.25) is 0 Å². The van der Waals surface area contributed by atoms with Crippen LogP contribution in [0.4, 0.5) is 4.79 Å². The molecule has 94 valence electrons. The van der Waals surface area contributed by atoms with Gasteiger partial charge in [0.05, 0.1) is 6.17 Å². The zero-order valence-electron chi connectivity index (χ0n) is 9.30. The van der Waals surface area contributed by atoms with Crippen molar-refractivity contribution < 1.29 is 19.8 Å². The van der Waals surface area contributed by atoms with Crippen LogP contribution in [0.3, 0.4) is 0 Å². The highest BCUT2D eigenvalue weighted by atomic mass is 16.4. The smallest absolute Gasteiger partial charge is 0.408 e. The molecule has 1 aliphatic rings. The molecule has 1 rings (SSSR count). The number of carboxylic acid groups (broad SMARTS) is 2. The summed E-state index contributed by atoms with van der Waals surface area (Å²) >= 11 is 0. The fourth-order valence-electron chi connectivity index (χ4n) is 1.19. The molecule has 1 heterocycles. The highest BCUT2D eigenvalue weighted by molar-refractivity contribution is 5.72. The zero-order valence-corrected chi connectivity index (χ0v) is 9.30. The monoisotopic (exact) mass is 233 g/mol. The van der Waals surface area contributed by atoms with Gasteiger partial charge in [-0.05, 0) is 26.2 Å². The Balaban J connectivity index is 0.000000325. The van der Waals surface area contributed by atoms with Crippen LogP contribution in [0.1, 0.15) is 26.2 Å². The summed E-state index contributed by atoms with van der Waals surface area (Å²) in [5.74, 6) is -0.963. The molecule has 0 aromatic rings. The molecule has 1 amide bonds. The summed E-state index contributed by atoms with van der Waals surface area (Å²) in [4.78, 5) is 21.3. The molecule has 0 radical (unpaired) electrons. The van der Waals surface area contributed by atoms with Gasteiger partial charge in [-0.25, -0.2) is 4.79 Å². The third kappa shape index (κ3) is 5.52. The Morgan fingerprint density at radius 1 is 1.38 bits per heavy atom. The number of carbonyl (C=O) groups is 2. The fourth-order valence-corrected chi connectivity index (χ4v) is 1.19. The quantitative estimate of drug-likeness (QED) is 0.498. The molecular formula is C9H19N3O4. The number of amides is 1. The molecule has 1 unspecified atom stereocenters. The highest BCUT2D eigenvalue weighted by Gasteiger charge is 2.22. The molecule has 1 aliphatic heterocycles. The van der Waals surface area contributed by atoms with Gasteiger partial charge in [0, 0.05) is 6.54 Å². The van der Waals surface area contributed by atoms with E-state index >= 15 is 0 Å².